The molecule has 3 rings (SSSR count). The lowest BCUT2D eigenvalue weighted by molar-refractivity contribution is -0.553. The molecule has 0 bridgehead atoms. The van der Waals surface area contributed by atoms with Crippen LogP contribution in [0.5, 0.6) is 5.75 Å². The number of aliphatic hydroxyl groups excluding tert-OH is 1. The van der Waals surface area contributed by atoms with Crippen molar-refractivity contribution < 1.29 is 24.1 Å². The predicted molar refractivity (Wildman–Crippen MR) is 87.7 cm³/mol. The van der Waals surface area contributed by atoms with Gasteiger partial charge in [0.15, 0.2) is 18.6 Å². The molecule has 1 aliphatic rings. The molecule has 2 N–H and O–H groups in total. The van der Waals surface area contributed by atoms with E-state index in [0.717, 1.165) is 17.8 Å². The summed E-state index contributed by atoms with van der Waals surface area (Å²) in [4.78, 5) is 14.7. The molecule has 2 aromatic rings. The Kier molecular flexibility index (Phi) is 4.15. The maximum atomic E-state index is 12.5. The van der Waals surface area contributed by atoms with Crippen LogP contribution >= 0.6 is 0 Å². The van der Waals surface area contributed by atoms with E-state index in [1.165, 1.54) is 0 Å². The quantitative estimate of drug-likeness (QED) is 0.455. The van der Waals surface area contributed by atoms with E-state index in [1.807, 2.05) is 7.05 Å². The Hall–Kier alpha value is -2.61. The third-order valence-electron chi connectivity index (χ3n) is 4.53. The second kappa shape index (κ2) is 6.12. The molecular formula is C16H22N4O4+2. The number of ether oxygens (including phenoxy) is 1. The lowest BCUT2D eigenvalue weighted by Gasteiger charge is -2.19. The van der Waals surface area contributed by atoms with Gasteiger partial charge in [-0.1, -0.05) is 6.07 Å². The van der Waals surface area contributed by atoms with Crippen molar-refractivity contribution in [2.45, 2.75) is 13.8 Å². The molecule has 8 nitrogen and oxygen atoms in total. The standard InChI is InChI=1S/C16H21N4O4/c1-11-12(2)20(23)15-13(19(11)22)5-4-6-14(15)24-16(21)18-9-7-17(3)8-10-18/h4-6,22H,7-10H2,1-3H3/q+1/p+1. The molecule has 8 heteroatoms. The van der Waals surface area contributed by atoms with Crippen LogP contribution in [0.3, 0.4) is 0 Å². The van der Waals surface area contributed by atoms with Crippen LogP contribution in [-0.4, -0.2) is 63.8 Å². The van der Waals surface area contributed by atoms with Gasteiger partial charge in [-0.05, 0) is 26.1 Å². The molecule has 1 aromatic carbocycles. The molecule has 1 saturated heterocycles. The minimum atomic E-state index is -0.238. The highest BCUT2D eigenvalue weighted by Gasteiger charge is 2.27. The Morgan fingerprint density at radius 1 is 1.25 bits per heavy atom. The number of piperazine rings is 1. The average Bonchev–Trinajstić information content (AvgIpc) is 2.58. The third-order valence-corrected chi connectivity index (χ3v) is 4.53. The molecule has 0 radical (unpaired) electrons. The largest absolute Gasteiger partial charge is 0.552 e. The first-order valence-electron chi connectivity index (χ1n) is 7.84. The number of aromatic nitrogens is 2. The van der Waals surface area contributed by atoms with Gasteiger partial charge in [-0.2, -0.15) is 9.31 Å². The number of hydrogen-bond acceptors (Lipinski definition) is 4. The van der Waals surface area contributed by atoms with Crippen molar-refractivity contribution in [1.82, 2.24) is 9.63 Å². The fourth-order valence-electron chi connectivity index (χ4n) is 2.78. The molecule has 1 fully saturated rings. The summed E-state index contributed by atoms with van der Waals surface area (Å²) < 4.78 is 8.96. The van der Waals surface area contributed by atoms with E-state index >= 15 is 0 Å². The minimum Gasteiger partial charge on any atom is -0.430 e. The summed E-state index contributed by atoms with van der Waals surface area (Å²) in [5, 5.41) is 20.5. The number of likely N-dealkylation sites (N-methyl/N-ethyl adjacent to an activating group) is 1. The monoisotopic (exact) mass is 334 g/mol. The third kappa shape index (κ3) is 2.69. The molecule has 1 aromatic heterocycles. The van der Waals surface area contributed by atoms with Crippen LogP contribution in [0.25, 0.3) is 11.0 Å². The normalized spacial score (nSPS) is 15.7. The lowest BCUT2D eigenvalue weighted by atomic mass is 10.2. The van der Waals surface area contributed by atoms with Gasteiger partial charge in [0, 0.05) is 11.8 Å². The summed E-state index contributed by atoms with van der Waals surface area (Å²) in [5.41, 5.74) is 1.29. The van der Waals surface area contributed by atoms with Gasteiger partial charge >= 0.3 is 11.6 Å². The summed E-state index contributed by atoms with van der Waals surface area (Å²) in [6.07, 6.45) is -0.238. The fourth-order valence-corrected chi connectivity index (χ4v) is 2.78. The Bertz CT molecular complexity index is 878. The van der Waals surface area contributed by atoms with Gasteiger partial charge in [-0.3, -0.25) is 4.90 Å². The number of aliphatic hydroxyl groups is 1. The number of para-hydroxylation sites is 1. The van der Waals surface area contributed by atoms with Crippen molar-refractivity contribution in [2.75, 3.05) is 33.2 Å². The first kappa shape index (κ1) is 16.3. The van der Waals surface area contributed by atoms with Crippen LogP contribution in [-0.2, 0) is 0 Å². The van der Waals surface area contributed by atoms with Gasteiger partial charge in [-0.15, -0.1) is 0 Å². The molecular weight excluding hydrogens is 312 g/mol. The van der Waals surface area contributed by atoms with Crippen LogP contribution in [0.2, 0.25) is 0 Å². The van der Waals surface area contributed by atoms with E-state index in [9.17, 15) is 15.2 Å². The molecule has 0 aliphatic carbocycles. The zero-order valence-corrected chi connectivity index (χ0v) is 14.1. The highest BCUT2D eigenvalue weighted by atomic mass is 16.6. The topological polar surface area (TPSA) is 83.8 Å². The summed E-state index contributed by atoms with van der Waals surface area (Å²) >= 11 is 0. The van der Waals surface area contributed by atoms with E-state index in [-0.39, 0.29) is 17.4 Å². The van der Waals surface area contributed by atoms with E-state index < -0.39 is 0 Å². The first-order valence-corrected chi connectivity index (χ1v) is 7.84. The van der Waals surface area contributed by atoms with Gasteiger partial charge < -0.3 is 15.1 Å². The maximum Gasteiger partial charge on any atom is 0.552 e. The van der Waals surface area contributed by atoms with E-state index in [4.69, 9.17) is 4.74 Å². The van der Waals surface area contributed by atoms with Crippen molar-refractivity contribution in [3.05, 3.63) is 34.5 Å². The second-order valence-electron chi connectivity index (χ2n) is 6.08. The van der Waals surface area contributed by atoms with Crippen molar-refractivity contribution in [2.24, 2.45) is 0 Å². The molecule has 2 heterocycles. The Morgan fingerprint density at radius 2 is 1.92 bits per heavy atom. The number of hydrogen-bond donors (Lipinski definition) is 2. The lowest BCUT2D eigenvalue weighted by Crippen LogP contribution is -2.43. The van der Waals surface area contributed by atoms with E-state index in [1.54, 1.807) is 36.6 Å². The molecule has 1 aliphatic heterocycles. The maximum absolute atomic E-state index is 12.5. The minimum absolute atomic E-state index is 0.170. The number of benzene rings is 1. The van der Waals surface area contributed by atoms with Crippen LogP contribution in [0.4, 0.5) is 0 Å². The van der Waals surface area contributed by atoms with Gasteiger partial charge in [0.25, 0.3) is 5.69 Å². The summed E-state index contributed by atoms with van der Waals surface area (Å²) in [5.74, 6) is 0.199. The number of nitrogens with zero attached hydrogens (tertiary/aromatic N) is 4. The van der Waals surface area contributed by atoms with Gasteiger partial charge in [0.05, 0.1) is 17.5 Å². The van der Waals surface area contributed by atoms with Crippen molar-refractivity contribution in [3.8, 4) is 5.75 Å². The summed E-state index contributed by atoms with van der Waals surface area (Å²) in [6, 6.07) is 4.88. The number of fused-ring (bicyclic) bond motifs is 1. The highest BCUT2D eigenvalue weighted by molar-refractivity contribution is 5.80. The Labute approximate surface area is 139 Å². The van der Waals surface area contributed by atoms with Crippen LogP contribution < -0.4 is 9.16 Å². The summed E-state index contributed by atoms with van der Waals surface area (Å²) in [7, 11) is 2.02. The zero-order chi connectivity index (χ0) is 17.4. The SMILES string of the molecule is Cc1c(C)[n+](=O)c2c(OC(O)=[N+]3CCN(C)CC3)cccc2n1O. The summed E-state index contributed by atoms with van der Waals surface area (Å²) in [6.45, 7) is 6.20. The van der Waals surface area contributed by atoms with Crippen molar-refractivity contribution in [1.29, 1.82) is 0 Å². The number of rotatable bonds is 1. The molecule has 0 saturated carbocycles. The van der Waals surface area contributed by atoms with Gasteiger partial charge in [0.1, 0.15) is 5.69 Å². The Balaban J connectivity index is 2.08. The predicted octanol–water partition coefficient (Wildman–Crippen LogP) is 0.661. The Morgan fingerprint density at radius 3 is 2.58 bits per heavy atom. The van der Waals surface area contributed by atoms with Crippen LogP contribution in [0, 0.1) is 18.8 Å². The molecule has 0 unspecified atom stereocenters. The highest BCUT2D eigenvalue weighted by Crippen LogP contribution is 2.23. The zero-order valence-electron chi connectivity index (χ0n) is 14.1. The van der Waals surface area contributed by atoms with E-state index in [0.29, 0.717) is 34.4 Å². The van der Waals surface area contributed by atoms with Gasteiger partial charge in [0.2, 0.25) is 5.75 Å². The van der Waals surface area contributed by atoms with E-state index in [2.05, 4.69) is 4.90 Å². The molecule has 0 spiro atoms. The van der Waals surface area contributed by atoms with Crippen molar-refractivity contribution >= 4 is 17.1 Å². The first-order chi connectivity index (χ1) is 11.4. The fraction of sp³-hybridized carbons (Fsp3) is 0.438. The van der Waals surface area contributed by atoms with Gasteiger partial charge in [-0.25, -0.2) is 0 Å². The molecule has 128 valence electrons. The van der Waals surface area contributed by atoms with Crippen LogP contribution in [0.15, 0.2) is 18.2 Å². The average molecular weight is 334 g/mol. The van der Waals surface area contributed by atoms with Crippen molar-refractivity contribution in [3.63, 3.8) is 0 Å². The smallest absolute Gasteiger partial charge is 0.430 e. The molecule has 0 atom stereocenters. The molecule has 0 amide bonds. The second-order valence-corrected chi connectivity index (χ2v) is 6.08. The molecule has 24 heavy (non-hydrogen) atoms. The van der Waals surface area contributed by atoms with Crippen LogP contribution in [0.1, 0.15) is 11.4 Å².